The molecule has 1 aliphatic heterocycles. The first kappa shape index (κ1) is 14.1. The third-order valence-corrected chi connectivity index (χ3v) is 7.20. The van der Waals surface area contributed by atoms with Gasteiger partial charge in [-0.1, -0.05) is 0 Å². The number of thiazole rings is 1. The third-order valence-electron chi connectivity index (χ3n) is 3.21. The third kappa shape index (κ3) is 2.11. The Morgan fingerprint density at radius 2 is 2.35 bits per heavy atom. The Morgan fingerprint density at radius 1 is 1.55 bits per heavy atom. The van der Waals surface area contributed by atoms with Crippen LogP contribution in [0.3, 0.4) is 0 Å². The fourth-order valence-corrected chi connectivity index (χ4v) is 6.13. The second-order valence-electron chi connectivity index (χ2n) is 4.51. The average molecular weight is 333 g/mol. The summed E-state index contributed by atoms with van der Waals surface area (Å²) in [5.41, 5.74) is 2.39. The molecule has 1 unspecified atom stereocenters. The van der Waals surface area contributed by atoms with Gasteiger partial charge in [0.2, 0.25) is 5.03 Å². The molecule has 3 N–H and O–H groups in total. The maximum absolute atomic E-state index is 12.9. The number of thioether (sulfide) groups is 1. The topological polar surface area (TPSA) is 92.7 Å². The maximum Gasteiger partial charge on any atom is 0.263 e. The van der Waals surface area contributed by atoms with Crippen LogP contribution in [-0.4, -0.2) is 46.2 Å². The van der Waals surface area contributed by atoms with Crippen molar-refractivity contribution in [3.8, 4) is 0 Å². The molecule has 0 aliphatic carbocycles. The van der Waals surface area contributed by atoms with Crippen LogP contribution in [-0.2, 0) is 10.0 Å². The molecule has 3 heterocycles. The molecule has 2 aromatic rings. The number of nitrogen functional groups attached to an aromatic ring is 1. The summed E-state index contributed by atoms with van der Waals surface area (Å²) < 4.78 is 28.9. The van der Waals surface area contributed by atoms with E-state index in [1.807, 2.05) is 6.92 Å². The van der Waals surface area contributed by atoms with E-state index in [4.69, 9.17) is 5.84 Å². The minimum absolute atomic E-state index is 0.0337. The van der Waals surface area contributed by atoms with Crippen LogP contribution < -0.4 is 11.3 Å². The quantitative estimate of drug-likeness (QED) is 0.638. The van der Waals surface area contributed by atoms with Gasteiger partial charge in [-0.05, 0) is 6.92 Å². The first-order valence-electron chi connectivity index (χ1n) is 6.07. The van der Waals surface area contributed by atoms with Gasteiger partial charge in [0.1, 0.15) is 0 Å². The van der Waals surface area contributed by atoms with Gasteiger partial charge in [0, 0.05) is 35.7 Å². The van der Waals surface area contributed by atoms with Gasteiger partial charge in [-0.2, -0.15) is 21.1 Å². The molecule has 20 heavy (non-hydrogen) atoms. The lowest BCUT2D eigenvalue weighted by Gasteiger charge is -2.31. The predicted molar refractivity (Wildman–Crippen MR) is 81.6 cm³/mol. The molecule has 0 radical (unpaired) electrons. The smallest absolute Gasteiger partial charge is 0.263 e. The van der Waals surface area contributed by atoms with Crippen LogP contribution in [0.1, 0.15) is 6.92 Å². The number of sulfonamides is 1. The van der Waals surface area contributed by atoms with Crippen molar-refractivity contribution in [1.29, 1.82) is 0 Å². The van der Waals surface area contributed by atoms with E-state index < -0.39 is 10.0 Å². The Morgan fingerprint density at radius 3 is 3.05 bits per heavy atom. The van der Waals surface area contributed by atoms with Crippen LogP contribution in [0.2, 0.25) is 0 Å². The molecule has 0 bridgehead atoms. The number of hydrogen-bond donors (Lipinski definition) is 2. The van der Waals surface area contributed by atoms with Crippen LogP contribution in [0.4, 0.5) is 5.82 Å². The summed E-state index contributed by atoms with van der Waals surface area (Å²) in [5, 5.41) is 1.92. The van der Waals surface area contributed by atoms with Gasteiger partial charge in [-0.25, -0.2) is 14.3 Å². The number of fused-ring (bicyclic) bond motifs is 1. The summed E-state index contributed by atoms with van der Waals surface area (Å²) in [6, 6.07) is -0.0337. The number of aromatic nitrogens is 2. The zero-order valence-corrected chi connectivity index (χ0v) is 13.3. The number of nitrogens with two attached hydrogens (primary N) is 1. The van der Waals surface area contributed by atoms with Gasteiger partial charge in [0.05, 0.1) is 0 Å². The van der Waals surface area contributed by atoms with Crippen LogP contribution >= 0.6 is 23.1 Å². The molecule has 0 spiro atoms. The lowest BCUT2D eigenvalue weighted by Crippen LogP contribution is -2.44. The van der Waals surface area contributed by atoms with Gasteiger partial charge in [-0.15, -0.1) is 11.3 Å². The van der Waals surface area contributed by atoms with E-state index in [0.717, 1.165) is 11.5 Å². The molecular formula is C10H15N5O2S3. The molecule has 0 saturated carbocycles. The van der Waals surface area contributed by atoms with Crippen LogP contribution in [0.5, 0.6) is 0 Å². The first-order chi connectivity index (χ1) is 9.55. The van der Waals surface area contributed by atoms with E-state index >= 15 is 0 Å². The fourth-order valence-electron chi connectivity index (χ4n) is 2.29. The summed E-state index contributed by atoms with van der Waals surface area (Å²) in [5.74, 6) is 7.23. The monoisotopic (exact) mass is 333 g/mol. The Hall–Kier alpha value is -0.810. The number of hydrogen-bond acceptors (Lipinski definition) is 7. The Kier molecular flexibility index (Phi) is 3.67. The normalized spacial score (nSPS) is 21.4. The lowest BCUT2D eigenvalue weighted by molar-refractivity contribution is 0.366. The zero-order chi connectivity index (χ0) is 14.3. The van der Waals surface area contributed by atoms with Crippen molar-refractivity contribution in [3.63, 3.8) is 0 Å². The summed E-state index contributed by atoms with van der Waals surface area (Å²) >= 11 is 3.14. The summed E-state index contributed by atoms with van der Waals surface area (Å²) in [7, 11) is -3.62. The molecule has 1 aliphatic rings. The number of nitrogens with zero attached hydrogens (tertiary/aromatic N) is 3. The molecule has 110 valence electrons. The number of imidazole rings is 1. The first-order valence-corrected chi connectivity index (χ1v) is 9.55. The van der Waals surface area contributed by atoms with Crippen molar-refractivity contribution < 1.29 is 8.42 Å². The van der Waals surface area contributed by atoms with Crippen molar-refractivity contribution in [2.24, 2.45) is 5.84 Å². The molecule has 10 heteroatoms. The molecule has 0 aromatic carbocycles. The van der Waals surface area contributed by atoms with Crippen molar-refractivity contribution >= 4 is 43.9 Å². The second-order valence-corrected chi connectivity index (χ2v) is 8.33. The van der Waals surface area contributed by atoms with E-state index in [1.165, 1.54) is 15.6 Å². The summed E-state index contributed by atoms with van der Waals surface area (Å²) in [4.78, 5) is 4.82. The summed E-state index contributed by atoms with van der Waals surface area (Å²) in [6.07, 6.45) is 1.70. The lowest BCUT2D eigenvalue weighted by atomic mass is 10.4. The highest BCUT2D eigenvalue weighted by molar-refractivity contribution is 7.99. The number of hydrazine groups is 1. The highest BCUT2D eigenvalue weighted by atomic mass is 32.2. The van der Waals surface area contributed by atoms with Crippen LogP contribution in [0.15, 0.2) is 16.6 Å². The Balaban J connectivity index is 2.15. The van der Waals surface area contributed by atoms with E-state index in [0.29, 0.717) is 11.5 Å². The SMILES string of the molecule is CC1CSCCN1S(=O)(=O)c1c(NN)nc2sccn12. The molecule has 2 aromatic heterocycles. The largest absolute Gasteiger partial charge is 0.306 e. The molecule has 1 fully saturated rings. The van der Waals surface area contributed by atoms with Crippen LogP contribution in [0.25, 0.3) is 4.96 Å². The minimum Gasteiger partial charge on any atom is -0.306 e. The van der Waals surface area contributed by atoms with Crippen molar-refractivity contribution in [2.75, 3.05) is 23.5 Å². The molecule has 1 atom stereocenters. The van der Waals surface area contributed by atoms with E-state index in [9.17, 15) is 8.42 Å². The molecule has 7 nitrogen and oxygen atoms in total. The van der Waals surface area contributed by atoms with Gasteiger partial charge in [0.15, 0.2) is 10.8 Å². The number of rotatable bonds is 3. The van der Waals surface area contributed by atoms with E-state index in [2.05, 4.69) is 10.4 Å². The standard InChI is InChI=1S/C10H15N5O2S3/c1-7-6-18-4-3-15(7)20(16,17)9-8(13-11)12-10-14(9)2-5-19-10/h2,5,7,13H,3-4,6,11H2,1H3. The number of nitrogens with one attached hydrogen (secondary N) is 1. The Bertz CT molecular complexity index is 722. The fraction of sp³-hybridized carbons (Fsp3) is 0.500. The highest BCUT2D eigenvalue weighted by Gasteiger charge is 2.36. The minimum atomic E-state index is -3.62. The van der Waals surface area contributed by atoms with Gasteiger partial charge in [0.25, 0.3) is 10.0 Å². The van der Waals surface area contributed by atoms with E-state index in [-0.39, 0.29) is 16.9 Å². The average Bonchev–Trinajstić information content (AvgIpc) is 2.97. The van der Waals surface area contributed by atoms with Gasteiger partial charge < -0.3 is 5.43 Å². The van der Waals surface area contributed by atoms with Crippen LogP contribution in [0, 0.1) is 0 Å². The Labute approximate surface area is 125 Å². The molecule has 3 rings (SSSR count). The maximum atomic E-state index is 12.9. The van der Waals surface area contributed by atoms with E-state index in [1.54, 1.807) is 27.7 Å². The summed E-state index contributed by atoms with van der Waals surface area (Å²) in [6.45, 7) is 2.43. The highest BCUT2D eigenvalue weighted by Crippen LogP contribution is 2.30. The van der Waals surface area contributed by atoms with Gasteiger partial charge >= 0.3 is 0 Å². The molecule has 1 saturated heterocycles. The van der Waals surface area contributed by atoms with Crippen molar-refractivity contribution in [1.82, 2.24) is 13.7 Å². The zero-order valence-electron chi connectivity index (χ0n) is 10.8. The number of anilines is 1. The molecule has 0 amide bonds. The predicted octanol–water partition coefficient (Wildman–Crippen LogP) is 0.807. The molecular weight excluding hydrogens is 318 g/mol. The van der Waals surface area contributed by atoms with Gasteiger partial charge in [-0.3, -0.25) is 4.40 Å². The van der Waals surface area contributed by atoms with Crippen molar-refractivity contribution in [3.05, 3.63) is 11.6 Å². The second kappa shape index (κ2) is 5.19. The van der Waals surface area contributed by atoms with Crippen molar-refractivity contribution in [2.45, 2.75) is 18.0 Å².